The predicted molar refractivity (Wildman–Crippen MR) is 74.7 cm³/mol. The van der Waals surface area contributed by atoms with Crippen molar-refractivity contribution in [2.24, 2.45) is 0 Å². The van der Waals surface area contributed by atoms with Crippen LogP contribution in [0.5, 0.6) is 0 Å². The van der Waals surface area contributed by atoms with Crippen LogP contribution < -0.4 is 0 Å². The summed E-state index contributed by atoms with van der Waals surface area (Å²) in [6, 6.07) is 3.72. The van der Waals surface area contributed by atoms with Crippen LogP contribution in [0.2, 0.25) is 0 Å². The second-order valence-corrected chi connectivity index (χ2v) is 4.97. The minimum atomic E-state index is -0.885. The average Bonchev–Trinajstić information content (AvgIpc) is 2.87. The van der Waals surface area contributed by atoms with Crippen LogP contribution in [-0.4, -0.2) is 33.5 Å². The van der Waals surface area contributed by atoms with E-state index in [0.29, 0.717) is 17.8 Å². The minimum Gasteiger partial charge on any atom is -0.362 e. The highest BCUT2D eigenvalue weighted by atomic mass is 19.2. The first-order chi connectivity index (χ1) is 10.1. The second-order valence-electron chi connectivity index (χ2n) is 4.97. The van der Waals surface area contributed by atoms with E-state index >= 15 is 0 Å². The zero-order chi connectivity index (χ0) is 14.8. The van der Waals surface area contributed by atoms with Gasteiger partial charge in [0.2, 0.25) is 0 Å². The van der Waals surface area contributed by atoms with Crippen LogP contribution in [-0.2, 0) is 6.54 Å². The monoisotopic (exact) mass is 288 g/mol. The quantitative estimate of drug-likeness (QED) is 0.869. The summed E-state index contributed by atoms with van der Waals surface area (Å²) in [5.41, 5.74) is 1.82. The van der Waals surface area contributed by atoms with Crippen molar-refractivity contribution in [3.05, 3.63) is 60.3 Å². The summed E-state index contributed by atoms with van der Waals surface area (Å²) in [4.78, 5) is 12.7. The first-order valence-corrected chi connectivity index (χ1v) is 6.51. The molecule has 0 aliphatic carbocycles. The number of halogens is 2. The summed E-state index contributed by atoms with van der Waals surface area (Å²) in [5.74, 6) is -1.75. The Morgan fingerprint density at radius 3 is 2.71 bits per heavy atom. The molecule has 0 atom stereocenters. The Morgan fingerprint density at radius 2 is 2.00 bits per heavy atom. The molecule has 0 saturated carbocycles. The van der Waals surface area contributed by atoms with Gasteiger partial charge in [-0.2, -0.15) is 0 Å². The molecule has 6 heteroatoms. The van der Waals surface area contributed by atoms with Gasteiger partial charge in [-0.15, -0.1) is 0 Å². The van der Waals surface area contributed by atoms with Crippen molar-refractivity contribution in [3.63, 3.8) is 0 Å². The van der Waals surface area contributed by atoms with Crippen molar-refractivity contribution in [2.45, 2.75) is 6.54 Å². The van der Waals surface area contributed by atoms with Crippen LogP contribution in [0.15, 0.2) is 43.0 Å². The van der Waals surface area contributed by atoms with E-state index in [1.807, 2.05) is 24.3 Å². The molecule has 0 spiro atoms. The molecular formula is C15H14F2N4. The van der Waals surface area contributed by atoms with Crippen molar-refractivity contribution in [1.82, 2.24) is 19.8 Å². The second kappa shape index (κ2) is 5.47. The summed E-state index contributed by atoms with van der Waals surface area (Å²) in [6.45, 7) is 1.41. The molecule has 0 unspecified atom stereocenters. The summed E-state index contributed by atoms with van der Waals surface area (Å²) < 4.78 is 26.3. The topological polar surface area (TPSA) is 32.3 Å². The molecular weight excluding hydrogens is 274 g/mol. The number of aromatic nitrogens is 2. The van der Waals surface area contributed by atoms with E-state index in [1.54, 1.807) is 12.4 Å². The molecule has 21 heavy (non-hydrogen) atoms. The van der Waals surface area contributed by atoms with E-state index in [4.69, 9.17) is 0 Å². The van der Waals surface area contributed by atoms with Crippen molar-refractivity contribution in [3.8, 4) is 11.3 Å². The standard InChI is InChI=1S/C15H14F2N4/c1-20-4-5-21(10-20)9-12-7-18-8-15(19-12)11-2-3-13(16)14(17)6-11/h2-8H,9-10H2,1H3. The number of rotatable bonds is 3. The van der Waals surface area contributed by atoms with Crippen molar-refractivity contribution in [2.75, 3.05) is 13.7 Å². The summed E-state index contributed by atoms with van der Waals surface area (Å²) in [7, 11) is 1.99. The smallest absolute Gasteiger partial charge is 0.159 e. The molecule has 1 aliphatic heterocycles. The van der Waals surface area contributed by atoms with Crippen molar-refractivity contribution in [1.29, 1.82) is 0 Å². The molecule has 1 aromatic heterocycles. The Morgan fingerprint density at radius 1 is 1.14 bits per heavy atom. The molecule has 0 amide bonds. The van der Waals surface area contributed by atoms with Crippen LogP contribution in [0.25, 0.3) is 11.3 Å². The highest BCUT2D eigenvalue weighted by Crippen LogP contribution is 2.19. The highest BCUT2D eigenvalue weighted by molar-refractivity contribution is 5.58. The van der Waals surface area contributed by atoms with E-state index in [-0.39, 0.29) is 0 Å². The summed E-state index contributed by atoms with van der Waals surface area (Å²) in [5, 5.41) is 0. The molecule has 1 aromatic carbocycles. The molecule has 2 heterocycles. The van der Waals surface area contributed by atoms with Gasteiger partial charge in [-0.05, 0) is 18.2 Å². The van der Waals surface area contributed by atoms with Crippen LogP contribution in [0, 0.1) is 11.6 Å². The highest BCUT2D eigenvalue weighted by Gasteiger charge is 2.11. The van der Waals surface area contributed by atoms with Gasteiger partial charge in [-0.25, -0.2) is 13.8 Å². The largest absolute Gasteiger partial charge is 0.362 e. The first kappa shape index (κ1) is 13.5. The predicted octanol–water partition coefficient (Wildman–Crippen LogP) is 2.60. The number of benzene rings is 1. The molecule has 108 valence electrons. The van der Waals surface area contributed by atoms with Crippen LogP contribution in [0.1, 0.15) is 5.69 Å². The SMILES string of the molecule is CN1C=CN(Cc2cncc(-c3ccc(F)c(F)c3)n2)C1. The maximum atomic E-state index is 13.3. The molecule has 3 rings (SSSR count). The first-order valence-electron chi connectivity index (χ1n) is 6.51. The Balaban J connectivity index is 1.82. The average molecular weight is 288 g/mol. The summed E-state index contributed by atoms with van der Waals surface area (Å²) in [6.07, 6.45) is 7.18. The zero-order valence-corrected chi connectivity index (χ0v) is 11.5. The third-order valence-corrected chi connectivity index (χ3v) is 3.20. The van der Waals surface area contributed by atoms with Crippen LogP contribution in [0.3, 0.4) is 0 Å². The van der Waals surface area contributed by atoms with Gasteiger partial charge in [0.05, 0.1) is 37.0 Å². The lowest BCUT2D eigenvalue weighted by atomic mass is 10.1. The minimum absolute atomic E-state index is 0.511. The fourth-order valence-corrected chi connectivity index (χ4v) is 2.18. The number of hydrogen-bond donors (Lipinski definition) is 0. The van der Waals surface area contributed by atoms with Gasteiger partial charge in [0, 0.05) is 25.0 Å². The Kier molecular flexibility index (Phi) is 3.51. The van der Waals surface area contributed by atoms with Gasteiger partial charge in [-0.3, -0.25) is 4.98 Å². The zero-order valence-electron chi connectivity index (χ0n) is 11.5. The lowest BCUT2D eigenvalue weighted by Gasteiger charge is -2.17. The van der Waals surface area contributed by atoms with E-state index in [9.17, 15) is 8.78 Å². The van der Waals surface area contributed by atoms with Crippen LogP contribution >= 0.6 is 0 Å². The maximum absolute atomic E-state index is 13.3. The van der Waals surface area contributed by atoms with Gasteiger partial charge in [0.15, 0.2) is 11.6 Å². The third kappa shape index (κ3) is 2.99. The molecule has 1 aliphatic rings. The van der Waals surface area contributed by atoms with Gasteiger partial charge in [0.1, 0.15) is 0 Å². The summed E-state index contributed by atoms with van der Waals surface area (Å²) >= 11 is 0. The van der Waals surface area contributed by atoms with E-state index in [1.165, 1.54) is 6.07 Å². The van der Waals surface area contributed by atoms with Crippen molar-refractivity contribution < 1.29 is 8.78 Å². The van der Waals surface area contributed by atoms with Crippen LogP contribution in [0.4, 0.5) is 8.78 Å². The molecule has 0 saturated heterocycles. The number of nitrogens with zero attached hydrogens (tertiary/aromatic N) is 4. The molecule has 2 aromatic rings. The van der Waals surface area contributed by atoms with E-state index in [0.717, 1.165) is 24.5 Å². The third-order valence-electron chi connectivity index (χ3n) is 3.20. The molecule has 0 radical (unpaired) electrons. The molecule has 0 bridgehead atoms. The van der Waals surface area contributed by atoms with E-state index < -0.39 is 11.6 Å². The van der Waals surface area contributed by atoms with Gasteiger partial charge in [-0.1, -0.05) is 0 Å². The van der Waals surface area contributed by atoms with Gasteiger partial charge < -0.3 is 9.80 Å². The Hall–Kier alpha value is -2.50. The van der Waals surface area contributed by atoms with Gasteiger partial charge >= 0.3 is 0 Å². The maximum Gasteiger partial charge on any atom is 0.159 e. The van der Waals surface area contributed by atoms with Gasteiger partial charge in [0.25, 0.3) is 0 Å². The number of hydrogen-bond acceptors (Lipinski definition) is 4. The normalized spacial score (nSPS) is 14.0. The molecule has 4 nitrogen and oxygen atoms in total. The lowest BCUT2D eigenvalue weighted by molar-refractivity contribution is 0.288. The molecule has 0 fully saturated rings. The van der Waals surface area contributed by atoms with Crippen molar-refractivity contribution >= 4 is 0 Å². The lowest BCUT2D eigenvalue weighted by Crippen LogP contribution is -2.22. The fraction of sp³-hybridized carbons (Fsp3) is 0.200. The fourth-order valence-electron chi connectivity index (χ4n) is 2.18. The van der Waals surface area contributed by atoms with E-state index in [2.05, 4.69) is 14.9 Å². The Labute approximate surface area is 121 Å². The Bertz CT molecular complexity index is 687. The molecule has 0 N–H and O–H groups in total.